The summed E-state index contributed by atoms with van der Waals surface area (Å²) >= 11 is 0. The Balaban J connectivity index is 1.88. The number of rotatable bonds is 6. The lowest BCUT2D eigenvalue weighted by Gasteiger charge is -2.19. The van der Waals surface area contributed by atoms with Gasteiger partial charge in [0.25, 0.3) is 5.91 Å². The van der Waals surface area contributed by atoms with Gasteiger partial charge in [0.2, 0.25) is 0 Å². The number of amides is 2. The molecule has 0 saturated carbocycles. The number of hydrogen-bond acceptors (Lipinski definition) is 5. The van der Waals surface area contributed by atoms with Crippen molar-refractivity contribution in [1.29, 1.82) is 0 Å². The van der Waals surface area contributed by atoms with Crippen LogP contribution in [-0.4, -0.2) is 22.3 Å². The number of aryl methyl sites for hydroxylation is 1. The third kappa shape index (κ3) is 5.15. The van der Waals surface area contributed by atoms with Gasteiger partial charge in [-0.15, -0.1) is 0 Å². The van der Waals surface area contributed by atoms with Crippen LogP contribution in [0.4, 0.5) is 10.5 Å². The third-order valence-electron chi connectivity index (χ3n) is 4.56. The number of fused-ring (bicyclic) bond motifs is 1. The number of phenolic OH excluding ortho intramolecular Hbond substituents is 1. The second-order valence-corrected chi connectivity index (χ2v) is 6.72. The number of ether oxygens (including phenoxy) is 1. The van der Waals surface area contributed by atoms with E-state index in [1.165, 1.54) is 17.6 Å². The Morgan fingerprint density at radius 2 is 1.73 bits per heavy atom. The highest BCUT2D eigenvalue weighted by atomic mass is 16.6. The molecule has 3 aromatic rings. The van der Waals surface area contributed by atoms with E-state index in [0.29, 0.717) is 16.6 Å². The minimum absolute atomic E-state index is 0.118. The number of phenols is 1. The quantitative estimate of drug-likeness (QED) is 0.272. The Bertz CT molecular complexity index is 1080. The average Bonchev–Trinajstić information content (AvgIpc) is 2.75. The highest BCUT2D eigenvalue weighted by molar-refractivity contribution is 5.92. The van der Waals surface area contributed by atoms with Crippen molar-refractivity contribution in [3.05, 3.63) is 83.9 Å². The predicted molar refractivity (Wildman–Crippen MR) is 113 cm³/mol. The molecule has 0 bridgehead atoms. The molecule has 0 aromatic heterocycles. The van der Waals surface area contributed by atoms with E-state index in [-0.39, 0.29) is 12.2 Å². The first-order valence-corrected chi connectivity index (χ1v) is 9.33. The van der Waals surface area contributed by atoms with Crippen LogP contribution in [0.5, 0.6) is 5.75 Å². The van der Waals surface area contributed by atoms with Gasteiger partial charge in [0, 0.05) is 29.1 Å². The van der Waals surface area contributed by atoms with Crippen LogP contribution in [0.15, 0.2) is 72.8 Å². The van der Waals surface area contributed by atoms with Crippen LogP contribution in [0.1, 0.15) is 23.7 Å². The normalized spacial score (nSPS) is 11.9. The van der Waals surface area contributed by atoms with Crippen molar-refractivity contribution in [2.75, 3.05) is 5.32 Å². The smallest absolute Gasteiger partial charge is 0.412 e. The molecule has 0 fully saturated rings. The van der Waals surface area contributed by atoms with Gasteiger partial charge in [0.1, 0.15) is 11.9 Å². The van der Waals surface area contributed by atoms with Gasteiger partial charge in [0.15, 0.2) is 0 Å². The van der Waals surface area contributed by atoms with Gasteiger partial charge in [-0.25, -0.2) is 10.3 Å². The van der Waals surface area contributed by atoms with Crippen LogP contribution in [0.3, 0.4) is 0 Å². The monoisotopic (exact) mass is 406 g/mol. The van der Waals surface area contributed by atoms with Crippen LogP contribution < -0.4 is 10.8 Å². The van der Waals surface area contributed by atoms with Crippen LogP contribution in [0, 0.1) is 6.92 Å². The fourth-order valence-corrected chi connectivity index (χ4v) is 3.08. The van der Waals surface area contributed by atoms with E-state index in [0.717, 1.165) is 17.0 Å². The summed E-state index contributed by atoms with van der Waals surface area (Å²) in [5, 5.41) is 22.8. The number of carbonyl (C=O) groups is 2. The molecule has 0 heterocycles. The number of anilines is 1. The van der Waals surface area contributed by atoms with E-state index in [1.54, 1.807) is 30.3 Å². The lowest BCUT2D eigenvalue weighted by Crippen LogP contribution is -2.18. The Morgan fingerprint density at radius 3 is 2.43 bits per heavy atom. The molecule has 3 aromatic carbocycles. The second-order valence-electron chi connectivity index (χ2n) is 6.72. The molecule has 154 valence electrons. The number of aromatic hydroxyl groups is 1. The summed E-state index contributed by atoms with van der Waals surface area (Å²) in [6.07, 6.45) is 1.45. The minimum atomic E-state index is -0.733. The molecule has 30 heavy (non-hydrogen) atoms. The molecule has 0 spiro atoms. The molecule has 0 aliphatic rings. The molecule has 0 saturated heterocycles. The first kappa shape index (κ1) is 20.9. The van der Waals surface area contributed by atoms with Gasteiger partial charge < -0.3 is 9.84 Å². The maximum Gasteiger partial charge on any atom is 0.412 e. The molecule has 0 aliphatic heterocycles. The van der Waals surface area contributed by atoms with Crippen LogP contribution >= 0.6 is 0 Å². The van der Waals surface area contributed by atoms with Gasteiger partial charge in [-0.3, -0.25) is 15.3 Å². The Morgan fingerprint density at radius 1 is 1.03 bits per heavy atom. The van der Waals surface area contributed by atoms with Crippen molar-refractivity contribution < 1.29 is 24.6 Å². The average molecular weight is 406 g/mol. The molecule has 0 aliphatic carbocycles. The molecule has 1 atom stereocenters. The summed E-state index contributed by atoms with van der Waals surface area (Å²) in [5.74, 6) is -0.569. The van der Waals surface area contributed by atoms with Gasteiger partial charge in [0.05, 0.1) is 0 Å². The molecule has 4 N–H and O–H groups in total. The number of benzene rings is 3. The molecule has 3 rings (SSSR count). The zero-order chi connectivity index (χ0) is 21.5. The van der Waals surface area contributed by atoms with Crippen molar-refractivity contribution in [2.45, 2.75) is 19.4 Å². The zero-order valence-corrected chi connectivity index (χ0v) is 16.3. The zero-order valence-electron chi connectivity index (χ0n) is 16.3. The van der Waals surface area contributed by atoms with Gasteiger partial charge in [-0.1, -0.05) is 54.1 Å². The number of nitrogens with one attached hydrogen (secondary N) is 2. The van der Waals surface area contributed by atoms with E-state index in [1.807, 2.05) is 31.2 Å². The SMILES string of the molecule is Cc1ccc(NC(=O)O[C@H](C/C=C/C(=O)NO)c2ccc(O)c3ccccc23)cc1. The van der Waals surface area contributed by atoms with Crippen molar-refractivity contribution in [3.63, 3.8) is 0 Å². The van der Waals surface area contributed by atoms with Crippen LogP contribution in [-0.2, 0) is 9.53 Å². The molecular formula is C23H22N2O5. The molecular weight excluding hydrogens is 384 g/mol. The summed E-state index contributed by atoms with van der Waals surface area (Å²) < 4.78 is 5.66. The summed E-state index contributed by atoms with van der Waals surface area (Å²) in [6.45, 7) is 1.95. The number of carbonyl (C=O) groups excluding carboxylic acids is 2. The van der Waals surface area contributed by atoms with Gasteiger partial charge in [-0.05, 0) is 30.5 Å². The largest absolute Gasteiger partial charge is 0.507 e. The van der Waals surface area contributed by atoms with Crippen molar-refractivity contribution >= 4 is 28.5 Å². The first-order chi connectivity index (χ1) is 14.5. The second kappa shape index (κ2) is 9.58. The Hall–Kier alpha value is -3.84. The highest BCUT2D eigenvalue weighted by Crippen LogP contribution is 2.34. The molecule has 2 amide bonds. The van der Waals surface area contributed by atoms with Crippen molar-refractivity contribution in [1.82, 2.24) is 5.48 Å². The number of hydrogen-bond donors (Lipinski definition) is 4. The minimum Gasteiger partial charge on any atom is -0.507 e. The van der Waals surface area contributed by atoms with E-state index in [4.69, 9.17) is 9.94 Å². The standard InChI is InChI=1S/C23H22N2O5/c1-15-9-11-16(12-10-15)24-23(28)30-21(7-4-8-22(27)25-29)19-13-14-20(26)18-6-3-2-5-17(18)19/h2-6,8-14,21,26,29H,7H2,1H3,(H,24,28)(H,25,27)/b8-4+/t21-/m1/s1. The molecule has 0 radical (unpaired) electrons. The molecule has 0 unspecified atom stereocenters. The van der Waals surface area contributed by atoms with Crippen molar-refractivity contribution in [3.8, 4) is 5.75 Å². The first-order valence-electron chi connectivity index (χ1n) is 9.33. The third-order valence-corrected chi connectivity index (χ3v) is 4.56. The summed E-state index contributed by atoms with van der Waals surface area (Å²) in [6, 6.07) is 17.7. The lowest BCUT2D eigenvalue weighted by molar-refractivity contribution is -0.124. The highest BCUT2D eigenvalue weighted by Gasteiger charge is 2.19. The van der Waals surface area contributed by atoms with E-state index < -0.39 is 18.1 Å². The van der Waals surface area contributed by atoms with Gasteiger partial charge in [-0.2, -0.15) is 0 Å². The van der Waals surface area contributed by atoms with E-state index in [9.17, 15) is 14.7 Å². The van der Waals surface area contributed by atoms with Crippen LogP contribution in [0.25, 0.3) is 10.8 Å². The van der Waals surface area contributed by atoms with E-state index in [2.05, 4.69) is 5.32 Å². The topological polar surface area (TPSA) is 108 Å². The van der Waals surface area contributed by atoms with Crippen molar-refractivity contribution in [2.24, 2.45) is 0 Å². The Labute approximate surface area is 173 Å². The summed E-state index contributed by atoms with van der Waals surface area (Å²) in [7, 11) is 0. The van der Waals surface area contributed by atoms with E-state index >= 15 is 0 Å². The maximum atomic E-state index is 12.5. The fraction of sp³-hybridized carbons (Fsp3) is 0.130. The molecule has 7 nitrogen and oxygen atoms in total. The molecule has 7 heteroatoms. The lowest BCUT2D eigenvalue weighted by atomic mass is 9.97. The maximum absolute atomic E-state index is 12.5. The fourth-order valence-electron chi connectivity index (χ4n) is 3.08. The summed E-state index contributed by atoms with van der Waals surface area (Å²) in [4.78, 5) is 23.8. The summed E-state index contributed by atoms with van der Waals surface area (Å²) in [5.41, 5.74) is 3.85. The van der Waals surface area contributed by atoms with Crippen LogP contribution in [0.2, 0.25) is 0 Å². The predicted octanol–water partition coefficient (Wildman–Crippen LogP) is 4.60. The Kier molecular flexibility index (Phi) is 6.67. The van der Waals surface area contributed by atoms with Gasteiger partial charge >= 0.3 is 6.09 Å². The number of hydroxylamine groups is 1.